The highest BCUT2D eigenvalue weighted by Crippen LogP contribution is 2.17. The molecule has 4 heteroatoms. The fraction of sp³-hybridized carbons (Fsp3) is 0.214. The van der Waals surface area contributed by atoms with Gasteiger partial charge >= 0.3 is 0 Å². The predicted molar refractivity (Wildman–Crippen MR) is 83.6 cm³/mol. The lowest BCUT2D eigenvalue weighted by Crippen LogP contribution is -2.14. The summed E-state index contributed by atoms with van der Waals surface area (Å²) in [4.78, 5) is 0.441. The van der Waals surface area contributed by atoms with Crippen LogP contribution in [0.1, 0.15) is 16.7 Å². The molecule has 0 fully saturated rings. The van der Waals surface area contributed by atoms with Crippen LogP contribution in [0.5, 0.6) is 0 Å². The second kappa shape index (κ2) is 5.98. The number of hydrogen-bond acceptors (Lipinski definition) is 3. The van der Waals surface area contributed by atoms with Gasteiger partial charge in [-0.25, -0.2) is 0 Å². The molecule has 0 saturated carbocycles. The first-order chi connectivity index (χ1) is 8.66. The van der Waals surface area contributed by atoms with Crippen LogP contribution in [-0.2, 0) is 6.42 Å². The second-order valence-corrected chi connectivity index (χ2v) is 5.44. The van der Waals surface area contributed by atoms with Crippen LogP contribution in [0.3, 0.4) is 0 Å². The first kappa shape index (κ1) is 13.1. The zero-order chi connectivity index (χ0) is 13.0. The Hall–Kier alpha value is -1.39. The van der Waals surface area contributed by atoms with Crippen LogP contribution in [-0.4, -0.2) is 11.5 Å². The van der Waals surface area contributed by atoms with Crippen molar-refractivity contribution in [2.45, 2.75) is 13.3 Å². The van der Waals surface area contributed by atoms with Crippen molar-refractivity contribution in [1.29, 1.82) is 0 Å². The molecule has 1 heterocycles. The summed E-state index contributed by atoms with van der Waals surface area (Å²) in [5, 5.41) is 7.67. The molecule has 0 atom stereocenters. The summed E-state index contributed by atoms with van der Waals surface area (Å²) in [6.07, 6.45) is 1.01. The number of thiocarbonyl (C=S) groups is 1. The molecule has 0 saturated heterocycles. The van der Waals surface area contributed by atoms with Gasteiger partial charge in [0.2, 0.25) is 0 Å². The largest absolute Gasteiger partial charge is 0.389 e. The minimum absolute atomic E-state index is 0.441. The van der Waals surface area contributed by atoms with Crippen molar-refractivity contribution in [3.8, 4) is 0 Å². The number of aryl methyl sites for hydroxylation is 1. The fourth-order valence-corrected chi connectivity index (χ4v) is 2.66. The summed E-state index contributed by atoms with van der Waals surface area (Å²) in [5.74, 6) is 0. The Labute approximate surface area is 117 Å². The minimum atomic E-state index is 0.441. The number of nitrogens with one attached hydrogen (secondary N) is 1. The van der Waals surface area contributed by atoms with Crippen LogP contribution in [0.4, 0.5) is 5.69 Å². The summed E-state index contributed by atoms with van der Waals surface area (Å²) in [6.45, 7) is 2.92. The molecule has 0 bridgehead atoms. The van der Waals surface area contributed by atoms with E-state index >= 15 is 0 Å². The summed E-state index contributed by atoms with van der Waals surface area (Å²) < 4.78 is 0. The normalized spacial score (nSPS) is 10.3. The average molecular weight is 276 g/mol. The van der Waals surface area contributed by atoms with E-state index in [4.69, 9.17) is 18.0 Å². The summed E-state index contributed by atoms with van der Waals surface area (Å²) >= 11 is 6.81. The Morgan fingerprint density at radius 1 is 1.39 bits per heavy atom. The molecule has 1 aromatic heterocycles. The Kier molecular flexibility index (Phi) is 4.33. The molecule has 0 amide bonds. The van der Waals surface area contributed by atoms with Crippen LogP contribution in [0.25, 0.3) is 0 Å². The highest BCUT2D eigenvalue weighted by Gasteiger charge is 2.05. The molecule has 94 valence electrons. The van der Waals surface area contributed by atoms with Crippen LogP contribution < -0.4 is 11.1 Å². The molecule has 2 rings (SSSR count). The molecule has 18 heavy (non-hydrogen) atoms. The SMILES string of the molecule is Cc1ccc(NCCc2ccsc2)c(C(N)=S)c1. The van der Waals surface area contributed by atoms with Crippen molar-refractivity contribution >= 4 is 34.2 Å². The van der Waals surface area contributed by atoms with E-state index in [0.717, 1.165) is 24.2 Å². The number of nitrogens with two attached hydrogens (primary N) is 1. The van der Waals surface area contributed by atoms with Gasteiger partial charge in [0.15, 0.2) is 0 Å². The molecule has 0 aliphatic carbocycles. The first-order valence-electron chi connectivity index (χ1n) is 5.82. The van der Waals surface area contributed by atoms with E-state index in [-0.39, 0.29) is 0 Å². The van der Waals surface area contributed by atoms with Crippen molar-refractivity contribution in [2.24, 2.45) is 5.73 Å². The Balaban J connectivity index is 2.02. The van der Waals surface area contributed by atoms with E-state index in [0.29, 0.717) is 4.99 Å². The minimum Gasteiger partial charge on any atom is -0.389 e. The molecule has 0 unspecified atom stereocenters. The lowest BCUT2D eigenvalue weighted by atomic mass is 10.1. The highest BCUT2D eigenvalue weighted by molar-refractivity contribution is 7.80. The maximum Gasteiger partial charge on any atom is 0.106 e. The zero-order valence-electron chi connectivity index (χ0n) is 10.3. The Morgan fingerprint density at radius 2 is 2.22 bits per heavy atom. The number of hydrogen-bond donors (Lipinski definition) is 2. The standard InChI is InChI=1S/C14H16N2S2/c1-10-2-3-13(12(8-10)14(15)17)16-6-4-11-5-7-18-9-11/h2-3,5,7-9,16H,4,6H2,1H3,(H2,15,17). The van der Waals surface area contributed by atoms with Gasteiger partial charge in [-0.3, -0.25) is 0 Å². The zero-order valence-corrected chi connectivity index (χ0v) is 11.9. The number of anilines is 1. The van der Waals surface area contributed by atoms with Crippen molar-refractivity contribution < 1.29 is 0 Å². The molecule has 2 aromatic rings. The predicted octanol–water partition coefficient (Wildman–Crippen LogP) is 3.35. The van der Waals surface area contributed by atoms with Gasteiger partial charge in [-0.05, 0) is 47.9 Å². The van der Waals surface area contributed by atoms with Crippen LogP contribution in [0.15, 0.2) is 35.0 Å². The van der Waals surface area contributed by atoms with E-state index in [1.807, 2.05) is 19.1 Å². The van der Waals surface area contributed by atoms with Crippen molar-refractivity contribution in [1.82, 2.24) is 0 Å². The van der Waals surface area contributed by atoms with Gasteiger partial charge in [0, 0.05) is 17.8 Å². The summed E-state index contributed by atoms with van der Waals surface area (Å²) in [5.41, 5.74) is 10.2. The fourth-order valence-electron chi connectivity index (χ4n) is 1.79. The third kappa shape index (κ3) is 3.31. The number of benzene rings is 1. The molecule has 1 aromatic carbocycles. The van der Waals surface area contributed by atoms with Crippen LogP contribution >= 0.6 is 23.6 Å². The van der Waals surface area contributed by atoms with Gasteiger partial charge in [-0.15, -0.1) is 0 Å². The first-order valence-corrected chi connectivity index (χ1v) is 7.17. The summed E-state index contributed by atoms with van der Waals surface area (Å²) in [6, 6.07) is 8.28. The van der Waals surface area contributed by atoms with Crippen LogP contribution in [0.2, 0.25) is 0 Å². The van der Waals surface area contributed by atoms with Gasteiger partial charge < -0.3 is 11.1 Å². The third-order valence-electron chi connectivity index (χ3n) is 2.75. The quantitative estimate of drug-likeness (QED) is 0.823. The van der Waals surface area contributed by atoms with Gasteiger partial charge in [0.05, 0.1) is 0 Å². The third-order valence-corrected chi connectivity index (χ3v) is 3.70. The average Bonchev–Trinajstić information content (AvgIpc) is 2.84. The van der Waals surface area contributed by atoms with Crippen LogP contribution in [0, 0.1) is 6.92 Å². The maximum absolute atomic E-state index is 5.74. The van der Waals surface area contributed by atoms with E-state index in [2.05, 4.69) is 28.2 Å². The van der Waals surface area contributed by atoms with Gasteiger partial charge in [0.1, 0.15) is 4.99 Å². The van der Waals surface area contributed by atoms with Crippen molar-refractivity contribution in [2.75, 3.05) is 11.9 Å². The van der Waals surface area contributed by atoms with Gasteiger partial charge in [-0.1, -0.05) is 23.8 Å². The lowest BCUT2D eigenvalue weighted by Gasteiger charge is -2.11. The van der Waals surface area contributed by atoms with E-state index in [1.54, 1.807) is 11.3 Å². The molecule has 0 spiro atoms. The Bertz CT molecular complexity index is 533. The van der Waals surface area contributed by atoms with Crippen molar-refractivity contribution in [3.63, 3.8) is 0 Å². The Morgan fingerprint density at radius 3 is 2.89 bits per heavy atom. The number of thiophene rings is 1. The lowest BCUT2D eigenvalue weighted by molar-refractivity contribution is 1.03. The van der Waals surface area contributed by atoms with E-state index in [1.165, 1.54) is 11.1 Å². The van der Waals surface area contributed by atoms with Gasteiger partial charge in [0.25, 0.3) is 0 Å². The monoisotopic (exact) mass is 276 g/mol. The van der Waals surface area contributed by atoms with Crippen molar-refractivity contribution in [3.05, 3.63) is 51.7 Å². The molecule has 2 nitrogen and oxygen atoms in total. The summed E-state index contributed by atoms with van der Waals surface area (Å²) in [7, 11) is 0. The van der Waals surface area contributed by atoms with E-state index < -0.39 is 0 Å². The molecular weight excluding hydrogens is 260 g/mol. The smallest absolute Gasteiger partial charge is 0.106 e. The molecular formula is C14H16N2S2. The topological polar surface area (TPSA) is 38.0 Å². The van der Waals surface area contributed by atoms with Gasteiger partial charge in [-0.2, -0.15) is 11.3 Å². The highest BCUT2D eigenvalue weighted by atomic mass is 32.1. The molecule has 3 N–H and O–H groups in total. The number of rotatable bonds is 5. The second-order valence-electron chi connectivity index (χ2n) is 4.22. The molecule has 0 radical (unpaired) electrons. The maximum atomic E-state index is 5.74. The molecule has 0 aliphatic rings. The molecule has 0 aliphatic heterocycles. The van der Waals surface area contributed by atoms with E-state index in [9.17, 15) is 0 Å².